The molecule has 0 saturated carbocycles. The van der Waals surface area contributed by atoms with Gasteiger partial charge in [-0.2, -0.15) is 0 Å². The highest BCUT2D eigenvalue weighted by atomic mass is 35.5. The molecule has 0 unspecified atom stereocenters. The van der Waals surface area contributed by atoms with Crippen LogP contribution in [0.3, 0.4) is 0 Å². The van der Waals surface area contributed by atoms with Gasteiger partial charge in [0, 0.05) is 23.7 Å². The van der Waals surface area contributed by atoms with Gasteiger partial charge < -0.3 is 9.64 Å². The van der Waals surface area contributed by atoms with E-state index in [1.54, 1.807) is 35.2 Å². The van der Waals surface area contributed by atoms with Crippen LogP contribution >= 0.6 is 11.6 Å². The molecule has 0 heterocycles. The van der Waals surface area contributed by atoms with Crippen molar-refractivity contribution < 1.29 is 14.3 Å². The highest BCUT2D eigenvalue weighted by Gasteiger charge is 2.14. The first-order chi connectivity index (χ1) is 11.5. The molecule has 0 aliphatic rings. The highest BCUT2D eigenvalue weighted by Crippen LogP contribution is 2.18. The van der Waals surface area contributed by atoms with Gasteiger partial charge in [-0.1, -0.05) is 41.9 Å². The Hall–Kier alpha value is -2.33. The summed E-state index contributed by atoms with van der Waals surface area (Å²) in [5.74, 6) is 0.330. The number of ketones is 1. The molecule has 0 saturated heterocycles. The van der Waals surface area contributed by atoms with E-state index in [4.69, 9.17) is 16.3 Å². The van der Waals surface area contributed by atoms with E-state index >= 15 is 0 Å². The number of hydrogen-bond acceptors (Lipinski definition) is 3. The van der Waals surface area contributed by atoms with Crippen LogP contribution in [0.5, 0.6) is 5.75 Å². The van der Waals surface area contributed by atoms with Gasteiger partial charge in [-0.15, -0.1) is 0 Å². The smallest absolute Gasteiger partial charge is 0.260 e. The maximum Gasteiger partial charge on any atom is 0.260 e. The van der Waals surface area contributed by atoms with Crippen molar-refractivity contribution in [3.8, 4) is 5.75 Å². The number of carbonyl (C=O) groups excluding carboxylic acids is 2. The van der Waals surface area contributed by atoms with Crippen LogP contribution in [0.25, 0.3) is 0 Å². The number of benzene rings is 2. The summed E-state index contributed by atoms with van der Waals surface area (Å²) in [6, 6.07) is 14.3. The lowest BCUT2D eigenvalue weighted by molar-refractivity contribution is -0.133. The Morgan fingerprint density at radius 2 is 1.88 bits per heavy atom. The second-order valence-corrected chi connectivity index (χ2v) is 5.78. The molecular formula is C19H20ClNO3. The number of likely N-dealkylation sites (N-methyl/N-ethyl adjacent to an activating group) is 1. The second kappa shape index (κ2) is 8.50. The Morgan fingerprint density at radius 3 is 2.54 bits per heavy atom. The summed E-state index contributed by atoms with van der Waals surface area (Å²) in [6.45, 7) is 4.31. The average Bonchev–Trinajstić information content (AvgIpc) is 2.59. The lowest BCUT2D eigenvalue weighted by Gasteiger charge is -2.21. The molecule has 2 aromatic carbocycles. The minimum atomic E-state index is -0.134. The maximum atomic E-state index is 12.4. The quantitative estimate of drug-likeness (QED) is 0.713. The summed E-state index contributed by atoms with van der Waals surface area (Å²) >= 11 is 6.15. The first-order valence-electron chi connectivity index (χ1n) is 7.76. The Balaban J connectivity index is 1.98. The van der Waals surface area contributed by atoms with Gasteiger partial charge in [-0.3, -0.25) is 9.59 Å². The standard InChI is InChI=1S/C19H20ClNO3/c1-3-21(12-16-7-4-5-10-18(16)20)19(23)13-24-17-9-6-8-15(11-17)14(2)22/h4-11H,3,12-13H2,1-2H3. The molecule has 0 spiro atoms. The van der Waals surface area contributed by atoms with Crippen molar-refractivity contribution >= 4 is 23.3 Å². The minimum absolute atomic E-state index is 0.0410. The normalized spacial score (nSPS) is 10.3. The van der Waals surface area contributed by atoms with Crippen molar-refractivity contribution in [2.24, 2.45) is 0 Å². The molecule has 126 valence electrons. The lowest BCUT2D eigenvalue weighted by Crippen LogP contribution is -2.34. The Morgan fingerprint density at radius 1 is 1.12 bits per heavy atom. The van der Waals surface area contributed by atoms with E-state index in [1.807, 2.05) is 25.1 Å². The molecular weight excluding hydrogens is 326 g/mol. The van der Waals surface area contributed by atoms with E-state index in [-0.39, 0.29) is 18.3 Å². The summed E-state index contributed by atoms with van der Waals surface area (Å²) in [7, 11) is 0. The Labute approximate surface area is 147 Å². The fraction of sp³-hybridized carbons (Fsp3) is 0.263. The molecule has 0 atom stereocenters. The Kier molecular flexibility index (Phi) is 6.38. The zero-order chi connectivity index (χ0) is 17.5. The third kappa shape index (κ3) is 4.83. The molecule has 24 heavy (non-hydrogen) atoms. The number of nitrogens with zero attached hydrogens (tertiary/aromatic N) is 1. The van der Waals surface area contributed by atoms with Crippen LogP contribution in [0, 0.1) is 0 Å². The average molecular weight is 346 g/mol. The SMILES string of the molecule is CCN(Cc1ccccc1Cl)C(=O)COc1cccc(C(C)=O)c1. The largest absolute Gasteiger partial charge is 0.484 e. The summed E-state index contributed by atoms with van der Waals surface area (Å²) in [6.07, 6.45) is 0. The van der Waals surface area contributed by atoms with Gasteiger partial charge in [0.25, 0.3) is 5.91 Å². The number of ether oxygens (including phenoxy) is 1. The number of hydrogen-bond donors (Lipinski definition) is 0. The Bertz CT molecular complexity index is 730. The van der Waals surface area contributed by atoms with Crippen molar-refractivity contribution in [2.45, 2.75) is 20.4 Å². The molecule has 0 bridgehead atoms. The number of Topliss-reactive ketones (excluding diaryl/α,β-unsaturated/α-hetero) is 1. The number of halogens is 1. The van der Waals surface area contributed by atoms with Gasteiger partial charge in [0.2, 0.25) is 0 Å². The van der Waals surface area contributed by atoms with Crippen LogP contribution in [0.2, 0.25) is 5.02 Å². The van der Waals surface area contributed by atoms with Crippen molar-refractivity contribution in [3.63, 3.8) is 0 Å². The summed E-state index contributed by atoms with van der Waals surface area (Å²) in [5, 5.41) is 0.638. The molecule has 4 nitrogen and oxygen atoms in total. The zero-order valence-electron chi connectivity index (χ0n) is 13.8. The maximum absolute atomic E-state index is 12.4. The van der Waals surface area contributed by atoms with Gasteiger partial charge in [0.05, 0.1) is 0 Å². The van der Waals surface area contributed by atoms with Gasteiger partial charge >= 0.3 is 0 Å². The van der Waals surface area contributed by atoms with E-state index in [1.165, 1.54) is 6.92 Å². The molecule has 0 N–H and O–H groups in total. The van der Waals surface area contributed by atoms with Gasteiger partial charge in [-0.05, 0) is 37.6 Å². The van der Waals surface area contributed by atoms with E-state index in [9.17, 15) is 9.59 Å². The molecule has 0 fully saturated rings. The minimum Gasteiger partial charge on any atom is -0.484 e. The predicted molar refractivity (Wildman–Crippen MR) is 94.5 cm³/mol. The second-order valence-electron chi connectivity index (χ2n) is 5.37. The number of rotatable bonds is 7. The topological polar surface area (TPSA) is 46.6 Å². The van der Waals surface area contributed by atoms with Crippen LogP contribution < -0.4 is 4.74 Å². The van der Waals surface area contributed by atoms with Crippen LogP contribution in [-0.4, -0.2) is 29.7 Å². The van der Waals surface area contributed by atoms with Gasteiger partial charge in [0.15, 0.2) is 12.4 Å². The first kappa shape index (κ1) is 18.0. The van der Waals surface area contributed by atoms with Crippen molar-refractivity contribution in [3.05, 3.63) is 64.7 Å². The third-order valence-corrected chi connectivity index (χ3v) is 4.03. The number of amides is 1. The van der Waals surface area contributed by atoms with Crippen molar-refractivity contribution in [1.29, 1.82) is 0 Å². The summed E-state index contributed by atoms with van der Waals surface area (Å²) in [5.41, 5.74) is 1.45. The molecule has 1 amide bonds. The van der Waals surface area contributed by atoms with Crippen molar-refractivity contribution in [2.75, 3.05) is 13.2 Å². The molecule has 2 rings (SSSR count). The third-order valence-electron chi connectivity index (χ3n) is 3.66. The fourth-order valence-corrected chi connectivity index (χ4v) is 2.45. The fourth-order valence-electron chi connectivity index (χ4n) is 2.25. The molecule has 0 aliphatic carbocycles. The van der Waals surface area contributed by atoms with Crippen LogP contribution in [0.1, 0.15) is 29.8 Å². The molecule has 0 aromatic heterocycles. The molecule has 2 aromatic rings. The van der Waals surface area contributed by atoms with Gasteiger partial charge in [-0.25, -0.2) is 0 Å². The summed E-state index contributed by atoms with van der Waals surface area (Å²) in [4.78, 5) is 25.4. The van der Waals surface area contributed by atoms with E-state index in [0.717, 1.165) is 5.56 Å². The summed E-state index contributed by atoms with van der Waals surface area (Å²) < 4.78 is 5.53. The van der Waals surface area contributed by atoms with Crippen LogP contribution in [-0.2, 0) is 11.3 Å². The monoisotopic (exact) mass is 345 g/mol. The van der Waals surface area contributed by atoms with E-state index < -0.39 is 0 Å². The van der Waals surface area contributed by atoms with Crippen LogP contribution in [0.15, 0.2) is 48.5 Å². The number of carbonyl (C=O) groups is 2. The van der Waals surface area contributed by atoms with Gasteiger partial charge in [0.1, 0.15) is 5.75 Å². The molecule has 5 heteroatoms. The van der Waals surface area contributed by atoms with Crippen LogP contribution in [0.4, 0.5) is 0 Å². The highest BCUT2D eigenvalue weighted by molar-refractivity contribution is 6.31. The van der Waals surface area contributed by atoms with E-state index in [0.29, 0.717) is 29.4 Å². The molecule has 0 aliphatic heterocycles. The zero-order valence-corrected chi connectivity index (χ0v) is 14.5. The van der Waals surface area contributed by atoms with E-state index in [2.05, 4.69) is 0 Å². The lowest BCUT2D eigenvalue weighted by atomic mass is 10.1. The van der Waals surface area contributed by atoms with Crippen molar-refractivity contribution in [1.82, 2.24) is 4.90 Å². The molecule has 0 radical (unpaired) electrons. The first-order valence-corrected chi connectivity index (χ1v) is 8.14. The predicted octanol–water partition coefficient (Wildman–Crippen LogP) is 3.97.